The van der Waals surface area contributed by atoms with Gasteiger partial charge in [-0.1, -0.05) is 58.2 Å². The Morgan fingerprint density at radius 3 is 1.81 bits per heavy atom. The van der Waals surface area contributed by atoms with E-state index in [2.05, 4.69) is 86.3 Å². The van der Waals surface area contributed by atoms with Gasteiger partial charge >= 0.3 is 0 Å². The Morgan fingerprint density at radius 2 is 1.26 bits per heavy atom. The fourth-order valence-corrected chi connectivity index (χ4v) is 5.57. The molecule has 0 unspecified atom stereocenters. The highest BCUT2D eigenvalue weighted by Crippen LogP contribution is 2.58. The third-order valence-corrected chi connectivity index (χ3v) is 7.19. The Kier molecular flexibility index (Phi) is 4.69. The normalized spacial score (nSPS) is 13.3. The molecule has 0 spiro atoms. The van der Waals surface area contributed by atoms with Gasteiger partial charge in [-0.3, -0.25) is 0 Å². The molecule has 150 valence electrons. The van der Waals surface area contributed by atoms with Crippen LogP contribution in [0.4, 0.5) is 11.4 Å². The van der Waals surface area contributed by atoms with Crippen molar-refractivity contribution in [2.45, 2.75) is 5.41 Å². The molecule has 0 bridgehead atoms. The minimum atomic E-state index is -0.610. The maximum atomic E-state index is 6.08. The average molecular weight is 530 g/mol. The monoisotopic (exact) mass is 528 g/mol. The lowest BCUT2D eigenvalue weighted by Crippen LogP contribution is -2.29. The van der Waals surface area contributed by atoms with Crippen molar-refractivity contribution < 1.29 is 0 Å². The Hall–Kier alpha value is -3.00. The van der Waals surface area contributed by atoms with Gasteiger partial charge in [-0.15, -0.1) is 6.42 Å². The van der Waals surface area contributed by atoms with Crippen molar-refractivity contribution in [1.82, 2.24) is 0 Å². The Labute approximate surface area is 198 Å². The lowest BCUT2D eigenvalue weighted by atomic mass is 9.66. The Balaban J connectivity index is 2.03. The van der Waals surface area contributed by atoms with Gasteiger partial charge < -0.3 is 11.5 Å². The lowest BCUT2D eigenvalue weighted by molar-refractivity contribution is 0.765. The zero-order chi connectivity index (χ0) is 21.8. The maximum Gasteiger partial charge on any atom is 0.0726 e. The summed E-state index contributed by atoms with van der Waals surface area (Å²) in [6.45, 7) is 0. The standard InChI is InChI=1S/C27H18Br2N2/c1-2-21-25(29)14-13-23-22-12-7-18(28)15-24(22)27(26(21)23,16-3-8-19(30)9-4-16)17-5-10-20(31)11-6-17/h1,3-15H,30-31H2. The third kappa shape index (κ3) is 2.85. The average Bonchev–Trinajstić information content (AvgIpc) is 3.05. The molecule has 2 nitrogen and oxygen atoms in total. The van der Waals surface area contributed by atoms with Crippen LogP contribution in [0.5, 0.6) is 0 Å². The molecule has 0 heterocycles. The number of fused-ring (bicyclic) bond motifs is 3. The topological polar surface area (TPSA) is 52.0 Å². The van der Waals surface area contributed by atoms with Crippen molar-refractivity contribution in [3.05, 3.63) is 116 Å². The molecule has 4 aromatic rings. The molecule has 31 heavy (non-hydrogen) atoms. The molecule has 0 amide bonds. The van der Waals surface area contributed by atoms with Crippen LogP contribution >= 0.6 is 31.9 Å². The summed E-state index contributed by atoms with van der Waals surface area (Å²) in [5, 5.41) is 0. The van der Waals surface area contributed by atoms with E-state index in [1.54, 1.807) is 0 Å². The zero-order valence-corrected chi connectivity index (χ0v) is 19.7. The first kappa shape index (κ1) is 19.9. The fourth-order valence-electron chi connectivity index (χ4n) is 4.76. The van der Waals surface area contributed by atoms with Crippen LogP contribution in [-0.2, 0) is 5.41 Å². The predicted octanol–water partition coefficient (Wildman–Crippen LogP) is 6.72. The molecule has 0 saturated heterocycles. The second-order valence-electron chi connectivity index (χ2n) is 7.67. The molecule has 0 atom stereocenters. The molecule has 4 aromatic carbocycles. The summed E-state index contributed by atoms with van der Waals surface area (Å²) in [5.74, 6) is 2.95. The van der Waals surface area contributed by atoms with E-state index in [1.807, 2.05) is 30.3 Å². The van der Waals surface area contributed by atoms with Gasteiger partial charge in [0.2, 0.25) is 0 Å². The summed E-state index contributed by atoms with van der Waals surface area (Å²) in [7, 11) is 0. The third-order valence-electron chi connectivity index (χ3n) is 6.04. The summed E-state index contributed by atoms with van der Waals surface area (Å²) in [4.78, 5) is 0. The fraction of sp³-hybridized carbons (Fsp3) is 0.0370. The quantitative estimate of drug-likeness (QED) is 0.197. The molecule has 0 saturated carbocycles. The first-order valence-corrected chi connectivity index (χ1v) is 11.4. The van der Waals surface area contributed by atoms with Crippen molar-refractivity contribution in [2.24, 2.45) is 0 Å². The first-order valence-electron chi connectivity index (χ1n) is 9.79. The number of nitrogens with two attached hydrogens (primary N) is 2. The summed E-state index contributed by atoms with van der Waals surface area (Å²) < 4.78 is 1.91. The highest BCUT2D eigenvalue weighted by atomic mass is 79.9. The number of hydrogen-bond acceptors (Lipinski definition) is 2. The van der Waals surface area contributed by atoms with Crippen molar-refractivity contribution >= 4 is 43.2 Å². The van der Waals surface area contributed by atoms with Gasteiger partial charge in [0.25, 0.3) is 0 Å². The van der Waals surface area contributed by atoms with Crippen molar-refractivity contribution in [1.29, 1.82) is 0 Å². The van der Waals surface area contributed by atoms with E-state index in [9.17, 15) is 0 Å². The zero-order valence-electron chi connectivity index (χ0n) is 16.5. The van der Waals surface area contributed by atoms with E-state index >= 15 is 0 Å². The van der Waals surface area contributed by atoms with E-state index in [-0.39, 0.29) is 0 Å². The number of rotatable bonds is 2. The lowest BCUT2D eigenvalue weighted by Gasteiger charge is -2.35. The SMILES string of the molecule is C#Cc1c(Br)ccc2c1C(c1ccc(N)cc1)(c1ccc(N)cc1)c1cc(Br)ccc1-2. The maximum absolute atomic E-state index is 6.08. The summed E-state index contributed by atoms with van der Waals surface area (Å²) >= 11 is 7.39. The highest BCUT2D eigenvalue weighted by molar-refractivity contribution is 9.10. The number of anilines is 2. The number of halogens is 2. The van der Waals surface area contributed by atoms with Gasteiger partial charge in [-0.05, 0) is 91.8 Å². The van der Waals surface area contributed by atoms with Crippen LogP contribution in [0.3, 0.4) is 0 Å². The van der Waals surface area contributed by atoms with Gasteiger partial charge in [0.1, 0.15) is 0 Å². The smallest absolute Gasteiger partial charge is 0.0726 e. The molecule has 0 fully saturated rings. The van der Waals surface area contributed by atoms with Crippen molar-refractivity contribution in [3.8, 4) is 23.5 Å². The summed E-state index contributed by atoms with van der Waals surface area (Å²) in [6, 6.07) is 26.7. The summed E-state index contributed by atoms with van der Waals surface area (Å²) in [6.07, 6.45) is 6.08. The Morgan fingerprint density at radius 1 is 0.710 bits per heavy atom. The van der Waals surface area contributed by atoms with Crippen LogP contribution in [0.15, 0.2) is 87.8 Å². The van der Waals surface area contributed by atoms with Crippen LogP contribution in [-0.4, -0.2) is 0 Å². The number of benzene rings is 4. The largest absolute Gasteiger partial charge is 0.399 e. The predicted molar refractivity (Wildman–Crippen MR) is 136 cm³/mol. The molecule has 5 rings (SSSR count). The van der Waals surface area contributed by atoms with E-state index < -0.39 is 5.41 Å². The molecule has 4 N–H and O–H groups in total. The van der Waals surface area contributed by atoms with Crippen molar-refractivity contribution in [3.63, 3.8) is 0 Å². The highest BCUT2D eigenvalue weighted by Gasteiger charge is 2.48. The minimum absolute atomic E-state index is 0.610. The molecular formula is C27H18Br2N2. The van der Waals surface area contributed by atoms with Crippen molar-refractivity contribution in [2.75, 3.05) is 11.5 Å². The van der Waals surface area contributed by atoms with Crippen LogP contribution < -0.4 is 11.5 Å². The van der Waals surface area contributed by atoms with Crippen LogP contribution in [0.1, 0.15) is 27.8 Å². The van der Waals surface area contributed by atoms with E-state index in [4.69, 9.17) is 17.9 Å². The first-order chi connectivity index (χ1) is 15.0. The van der Waals surface area contributed by atoms with Crippen LogP contribution in [0.25, 0.3) is 11.1 Å². The second kappa shape index (κ2) is 7.30. The molecule has 0 aromatic heterocycles. The molecule has 0 radical (unpaired) electrons. The molecular weight excluding hydrogens is 512 g/mol. The van der Waals surface area contributed by atoms with E-state index in [1.165, 1.54) is 5.56 Å². The summed E-state index contributed by atoms with van der Waals surface area (Å²) in [5.41, 5.74) is 20.5. The number of hydrogen-bond donors (Lipinski definition) is 2. The van der Waals surface area contributed by atoms with Crippen LogP contribution in [0.2, 0.25) is 0 Å². The van der Waals surface area contributed by atoms with E-state index in [0.717, 1.165) is 53.7 Å². The van der Waals surface area contributed by atoms with Gasteiger partial charge in [0.15, 0.2) is 0 Å². The molecule has 1 aliphatic carbocycles. The van der Waals surface area contributed by atoms with Gasteiger partial charge in [-0.25, -0.2) is 0 Å². The minimum Gasteiger partial charge on any atom is -0.399 e. The Bertz CT molecular complexity index is 1320. The van der Waals surface area contributed by atoms with Gasteiger partial charge in [0.05, 0.1) is 5.41 Å². The number of nitrogen functional groups attached to an aromatic ring is 2. The molecule has 4 heteroatoms. The van der Waals surface area contributed by atoms with Gasteiger partial charge in [-0.2, -0.15) is 0 Å². The second-order valence-corrected chi connectivity index (χ2v) is 9.44. The van der Waals surface area contributed by atoms with Crippen LogP contribution in [0, 0.1) is 12.3 Å². The van der Waals surface area contributed by atoms with E-state index in [0.29, 0.717) is 0 Å². The molecule has 0 aliphatic heterocycles. The number of terminal acetylenes is 1. The molecule has 1 aliphatic rings. The van der Waals surface area contributed by atoms with Gasteiger partial charge in [0, 0.05) is 25.9 Å².